The van der Waals surface area contributed by atoms with E-state index < -0.39 is 29.0 Å². The van der Waals surface area contributed by atoms with Gasteiger partial charge in [-0.3, -0.25) is 19.0 Å². The second-order valence-corrected chi connectivity index (χ2v) is 8.54. The van der Waals surface area contributed by atoms with Crippen LogP contribution in [0, 0.1) is 17.5 Å². The van der Waals surface area contributed by atoms with Crippen LogP contribution in [0.5, 0.6) is 0 Å². The number of benzene rings is 2. The fraction of sp³-hybridized carbons (Fsp3) is 0.360. The molecule has 1 N–H and O–H groups in total. The smallest absolute Gasteiger partial charge is 0.261 e. The highest BCUT2D eigenvalue weighted by Crippen LogP contribution is 2.35. The molecule has 1 aliphatic rings. The van der Waals surface area contributed by atoms with Crippen LogP contribution in [-0.2, 0) is 16.0 Å². The summed E-state index contributed by atoms with van der Waals surface area (Å²) < 4.78 is 42.1. The first-order valence-electron chi connectivity index (χ1n) is 11.5. The van der Waals surface area contributed by atoms with Gasteiger partial charge in [-0.1, -0.05) is 19.1 Å². The van der Waals surface area contributed by atoms with Gasteiger partial charge in [0, 0.05) is 25.4 Å². The highest BCUT2D eigenvalue weighted by Gasteiger charge is 2.29. The molecule has 3 aromatic rings. The van der Waals surface area contributed by atoms with Gasteiger partial charge >= 0.3 is 0 Å². The molecule has 0 unspecified atom stereocenters. The van der Waals surface area contributed by atoms with Gasteiger partial charge in [-0.15, -0.1) is 0 Å². The summed E-state index contributed by atoms with van der Waals surface area (Å²) in [5.74, 6) is -5.11. The van der Waals surface area contributed by atoms with Crippen LogP contribution >= 0.6 is 0 Å². The predicted molar refractivity (Wildman–Crippen MR) is 124 cm³/mol. The molecule has 2 aromatic carbocycles. The topological polar surface area (TPSA) is 84.3 Å². The molecule has 0 atom stereocenters. The number of nitrogens with one attached hydrogen (secondary N) is 1. The first-order valence-corrected chi connectivity index (χ1v) is 11.5. The zero-order valence-electron chi connectivity index (χ0n) is 19.2. The number of halogens is 3. The largest absolute Gasteiger partial charge is 0.333 e. The lowest BCUT2D eigenvalue weighted by Crippen LogP contribution is -2.39. The molecule has 1 saturated carbocycles. The summed E-state index contributed by atoms with van der Waals surface area (Å²) in [4.78, 5) is 44.3. The zero-order valence-corrected chi connectivity index (χ0v) is 19.2. The molecule has 10 heteroatoms. The van der Waals surface area contributed by atoms with E-state index in [-0.39, 0.29) is 43.4 Å². The van der Waals surface area contributed by atoms with Crippen LogP contribution < -0.4 is 10.9 Å². The number of hydrogen-bond donors (Lipinski definition) is 1. The van der Waals surface area contributed by atoms with Crippen molar-refractivity contribution < 1.29 is 22.8 Å². The van der Waals surface area contributed by atoms with Crippen molar-refractivity contribution in [3.05, 3.63) is 70.0 Å². The Bertz CT molecular complexity index is 1340. The van der Waals surface area contributed by atoms with Gasteiger partial charge in [0.15, 0.2) is 17.5 Å². The van der Waals surface area contributed by atoms with Crippen LogP contribution in [0.3, 0.4) is 0 Å². The van der Waals surface area contributed by atoms with E-state index in [9.17, 15) is 27.6 Å². The maximum atomic E-state index is 13.9. The fourth-order valence-electron chi connectivity index (χ4n) is 4.00. The standard InChI is InChI=1S/C25H25F3N4O3/c1-2-13-31(14-21(33)30-19-10-9-17(26)23(27)24(19)28)22(34)12-11-20-29-18-6-4-3-5-16(18)25(35)32(20)15-7-8-15/h3-6,9-10,15H,2,7-8,11-14H2,1H3,(H,30,33). The minimum atomic E-state index is -1.69. The number of carbonyl (C=O) groups excluding carboxylic acids is 2. The van der Waals surface area contributed by atoms with E-state index in [4.69, 9.17) is 0 Å². The minimum absolute atomic E-state index is 0.0182. The number of fused-ring (bicyclic) bond motifs is 1. The van der Waals surface area contributed by atoms with E-state index in [0.717, 1.165) is 18.9 Å². The lowest BCUT2D eigenvalue weighted by molar-refractivity contribution is -0.134. The Morgan fingerprint density at radius 2 is 1.86 bits per heavy atom. The van der Waals surface area contributed by atoms with Gasteiger partial charge in [0.1, 0.15) is 5.82 Å². The Hall–Kier alpha value is -3.69. The van der Waals surface area contributed by atoms with Gasteiger partial charge in [-0.2, -0.15) is 0 Å². The molecule has 1 heterocycles. The average molecular weight is 486 g/mol. The van der Waals surface area contributed by atoms with Crippen molar-refractivity contribution in [2.24, 2.45) is 0 Å². The van der Waals surface area contributed by atoms with Crippen molar-refractivity contribution >= 4 is 28.4 Å². The van der Waals surface area contributed by atoms with Gasteiger partial charge in [0.2, 0.25) is 11.8 Å². The van der Waals surface area contributed by atoms with Gasteiger partial charge in [-0.25, -0.2) is 18.2 Å². The number of aromatic nitrogens is 2. The summed E-state index contributed by atoms with van der Waals surface area (Å²) in [6, 6.07) is 8.77. The normalized spacial score (nSPS) is 13.1. The summed E-state index contributed by atoms with van der Waals surface area (Å²) in [7, 11) is 0. The van der Waals surface area contributed by atoms with Gasteiger partial charge in [-0.05, 0) is 43.5 Å². The molecule has 7 nitrogen and oxygen atoms in total. The molecule has 0 saturated heterocycles. The highest BCUT2D eigenvalue weighted by molar-refractivity contribution is 5.94. The van der Waals surface area contributed by atoms with E-state index in [2.05, 4.69) is 10.3 Å². The fourth-order valence-corrected chi connectivity index (χ4v) is 4.00. The number of hydrogen-bond acceptors (Lipinski definition) is 4. The van der Waals surface area contributed by atoms with Crippen LogP contribution in [0.25, 0.3) is 10.9 Å². The van der Waals surface area contributed by atoms with Gasteiger partial charge in [0.25, 0.3) is 5.56 Å². The Labute approximate surface area is 199 Å². The molecular formula is C25H25F3N4O3. The number of aryl methyl sites for hydroxylation is 1. The summed E-state index contributed by atoms with van der Waals surface area (Å²) in [6.07, 6.45) is 2.56. The molecule has 184 valence electrons. The second kappa shape index (κ2) is 10.3. The molecule has 0 aliphatic heterocycles. The average Bonchev–Trinajstić information content (AvgIpc) is 3.68. The molecule has 4 rings (SSSR count). The number of carbonyl (C=O) groups is 2. The van der Waals surface area contributed by atoms with Crippen LogP contribution in [0.1, 0.15) is 44.5 Å². The highest BCUT2D eigenvalue weighted by atomic mass is 19.2. The number of para-hydroxylation sites is 1. The Morgan fingerprint density at radius 3 is 2.57 bits per heavy atom. The van der Waals surface area contributed by atoms with Crippen LogP contribution in [0.2, 0.25) is 0 Å². The minimum Gasteiger partial charge on any atom is -0.333 e. The first-order chi connectivity index (χ1) is 16.8. The van der Waals surface area contributed by atoms with Crippen LogP contribution in [0.4, 0.5) is 18.9 Å². The summed E-state index contributed by atoms with van der Waals surface area (Å²) in [6.45, 7) is 1.72. The number of amides is 2. The second-order valence-electron chi connectivity index (χ2n) is 8.54. The van der Waals surface area contributed by atoms with Crippen molar-refractivity contribution in [2.45, 2.75) is 45.1 Å². The van der Waals surface area contributed by atoms with E-state index in [1.54, 1.807) is 28.8 Å². The SMILES string of the molecule is CCCN(CC(=O)Nc1ccc(F)c(F)c1F)C(=O)CCc1nc2ccccc2c(=O)n1C1CC1. The maximum Gasteiger partial charge on any atom is 0.261 e. The van der Waals surface area contributed by atoms with Crippen molar-refractivity contribution in [3.8, 4) is 0 Å². The zero-order chi connectivity index (χ0) is 25.1. The predicted octanol–water partition coefficient (Wildman–Crippen LogP) is 3.96. The first kappa shape index (κ1) is 24.4. The number of nitrogens with zero attached hydrogens (tertiary/aromatic N) is 3. The Balaban J connectivity index is 1.46. The molecule has 0 bridgehead atoms. The number of anilines is 1. The van der Waals surface area contributed by atoms with Crippen LogP contribution in [0.15, 0.2) is 41.2 Å². The molecule has 0 spiro atoms. The summed E-state index contributed by atoms with van der Waals surface area (Å²) in [5.41, 5.74) is -0.0688. The van der Waals surface area contributed by atoms with E-state index in [1.807, 2.05) is 6.92 Å². The number of rotatable bonds is 9. The third kappa shape index (κ3) is 5.36. The Kier molecular flexibility index (Phi) is 7.18. The monoisotopic (exact) mass is 486 g/mol. The Morgan fingerprint density at radius 1 is 1.11 bits per heavy atom. The molecule has 35 heavy (non-hydrogen) atoms. The lowest BCUT2D eigenvalue weighted by Gasteiger charge is -2.22. The van der Waals surface area contributed by atoms with E-state index >= 15 is 0 Å². The quantitative estimate of drug-likeness (QED) is 0.464. The molecule has 1 aromatic heterocycles. The third-order valence-electron chi connectivity index (χ3n) is 5.85. The molecular weight excluding hydrogens is 461 g/mol. The third-order valence-corrected chi connectivity index (χ3v) is 5.85. The van der Waals surface area contributed by atoms with Crippen molar-refractivity contribution in [1.29, 1.82) is 0 Å². The molecule has 0 radical (unpaired) electrons. The van der Waals surface area contributed by atoms with Crippen molar-refractivity contribution in [2.75, 3.05) is 18.4 Å². The maximum absolute atomic E-state index is 13.9. The van der Waals surface area contributed by atoms with Crippen LogP contribution in [-0.4, -0.2) is 39.4 Å². The lowest BCUT2D eigenvalue weighted by atomic mass is 10.2. The van der Waals surface area contributed by atoms with Gasteiger partial charge < -0.3 is 10.2 Å². The molecule has 2 amide bonds. The molecule has 1 fully saturated rings. The van der Waals surface area contributed by atoms with Crippen molar-refractivity contribution in [3.63, 3.8) is 0 Å². The summed E-state index contributed by atoms with van der Waals surface area (Å²) >= 11 is 0. The molecule has 1 aliphatic carbocycles. The van der Waals surface area contributed by atoms with Gasteiger partial charge in [0.05, 0.1) is 23.1 Å². The van der Waals surface area contributed by atoms with Crippen molar-refractivity contribution in [1.82, 2.24) is 14.5 Å². The van der Waals surface area contributed by atoms with E-state index in [1.165, 1.54) is 4.90 Å². The summed E-state index contributed by atoms with van der Waals surface area (Å²) in [5, 5.41) is 2.71. The van der Waals surface area contributed by atoms with E-state index in [0.29, 0.717) is 29.2 Å².